The van der Waals surface area contributed by atoms with E-state index in [1.165, 1.54) is 5.56 Å². The van der Waals surface area contributed by atoms with Gasteiger partial charge in [0.1, 0.15) is 0 Å². The Balaban J connectivity index is 1.21. The highest BCUT2D eigenvalue weighted by Gasteiger charge is 2.33. The van der Waals surface area contributed by atoms with Crippen LogP contribution in [0.15, 0.2) is 65.1 Å². The van der Waals surface area contributed by atoms with E-state index in [2.05, 4.69) is 45.1 Å². The summed E-state index contributed by atoms with van der Waals surface area (Å²) in [7, 11) is -3.38. The number of sulfonamides is 1. The predicted octanol–water partition coefficient (Wildman–Crippen LogP) is 3.85. The lowest BCUT2D eigenvalue weighted by Gasteiger charge is -2.38. The average Bonchev–Trinajstić information content (AvgIpc) is 2.86. The van der Waals surface area contributed by atoms with Crippen molar-refractivity contribution in [2.24, 2.45) is 5.92 Å². The summed E-state index contributed by atoms with van der Waals surface area (Å²) >= 11 is 3.38. The Morgan fingerprint density at radius 2 is 1.56 bits per heavy atom. The fourth-order valence-electron chi connectivity index (χ4n) is 4.57. The van der Waals surface area contributed by atoms with E-state index in [1.807, 2.05) is 47.4 Å². The number of amides is 1. The fourth-order valence-corrected chi connectivity index (χ4v) is 6.40. The van der Waals surface area contributed by atoms with E-state index in [9.17, 15) is 13.2 Å². The lowest BCUT2D eigenvalue weighted by atomic mass is 9.96. The number of hydrogen-bond acceptors (Lipinski definition) is 4. The van der Waals surface area contributed by atoms with Crippen LogP contribution in [0.3, 0.4) is 0 Å². The topological polar surface area (TPSA) is 60.9 Å². The summed E-state index contributed by atoms with van der Waals surface area (Å²) in [4.78, 5) is 17.4. The van der Waals surface area contributed by atoms with Crippen LogP contribution in [0.25, 0.3) is 6.08 Å². The van der Waals surface area contributed by atoms with Crippen LogP contribution in [0.2, 0.25) is 0 Å². The van der Waals surface area contributed by atoms with Crippen molar-refractivity contribution in [2.45, 2.75) is 18.6 Å². The summed E-state index contributed by atoms with van der Waals surface area (Å²) in [6.45, 7) is 4.92. The number of rotatable bonds is 7. The van der Waals surface area contributed by atoms with E-state index in [0.29, 0.717) is 25.9 Å². The number of piperidine rings is 1. The van der Waals surface area contributed by atoms with E-state index in [-0.39, 0.29) is 17.6 Å². The van der Waals surface area contributed by atoms with E-state index < -0.39 is 10.0 Å². The van der Waals surface area contributed by atoms with Crippen molar-refractivity contribution in [1.82, 2.24) is 14.1 Å². The van der Waals surface area contributed by atoms with Crippen LogP contribution in [0.5, 0.6) is 0 Å². The molecule has 2 aromatic rings. The van der Waals surface area contributed by atoms with E-state index in [0.717, 1.165) is 42.8 Å². The average molecular weight is 547 g/mol. The Labute approximate surface area is 211 Å². The van der Waals surface area contributed by atoms with Gasteiger partial charge in [-0.1, -0.05) is 70.5 Å². The van der Waals surface area contributed by atoms with Gasteiger partial charge >= 0.3 is 0 Å². The zero-order valence-corrected chi connectivity index (χ0v) is 21.8. The van der Waals surface area contributed by atoms with Gasteiger partial charge in [-0.2, -0.15) is 0 Å². The van der Waals surface area contributed by atoms with Gasteiger partial charge < -0.3 is 4.90 Å². The molecule has 182 valence electrons. The molecule has 2 heterocycles. The normalized spacial score (nSPS) is 19.0. The van der Waals surface area contributed by atoms with Crippen molar-refractivity contribution in [2.75, 3.05) is 45.8 Å². The number of hydrogen-bond donors (Lipinski definition) is 0. The molecule has 2 fully saturated rings. The number of piperazine rings is 1. The number of halogens is 1. The second-order valence-electron chi connectivity index (χ2n) is 8.99. The van der Waals surface area contributed by atoms with Gasteiger partial charge in [0, 0.05) is 56.2 Å². The third-order valence-corrected chi connectivity index (χ3v) is 9.00. The van der Waals surface area contributed by atoms with Gasteiger partial charge in [-0.3, -0.25) is 9.69 Å². The molecule has 2 aromatic carbocycles. The molecule has 6 nitrogen and oxygen atoms in total. The number of nitrogens with zero attached hydrogens (tertiary/aromatic N) is 3. The first-order chi connectivity index (χ1) is 16.4. The Morgan fingerprint density at radius 3 is 2.21 bits per heavy atom. The SMILES string of the molecule is O=C(C1CCN(S(=O)(=O)Cc2ccc(Br)cc2)CC1)N1CCN(C/C=C/c2ccccc2)CC1. The van der Waals surface area contributed by atoms with Crippen LogP contribution in [0.1, 0.15) is 24.0 Å². The summed E-state index contributed by atoms with van der Waals surface area (Å²) in [5.74, 6) is 0.104. The van der Waals surface area contributed by atoms with E-state index >= 15 is 0 Å². The van der Waals surface area contributed by atoms with Crippen LogP contribution in [-0.2, 0) is 20.6 Å². The summed E-state index contributed by atoms with van der Waals surface area (Å²) in [5.41, 5.74) is 1.97. The van der Waals surface area contributed by atoms with Gasteiger partial charge in [-0.25, -0.2) is 12.7 Å². The molecule has 0 aliphatic carbocycles. The van der Waals surface area contributed by atoms with Crippen molar-refractivity contribution >= 4 is 37.9 Å². The first kappa shape index (κ1) is 25.1. The lowest BCUT2D eigenvalue weighted by Crippen LogP contribution is -2.51. The predicted molar refractivity (Wildman–Crippen MR) is 140 cm³/mol. The van der Waals surface area contributed by atoms with E-state index in [1.54, 1.807) is 4.31 Å². The summed E-state index contributed by atoms with van der Waals surface area (Å²) in [6, 6.07) is 17.6. The van der Waals surface area contributed by atoms with Gasteiger partial charge in [0.2, 0.25) is 15.9 Å². The highest BCUT2D eigenvalue weighted by Crippen LogP contribution is 2.24. The fraction of sp³-hybridized carbons (Fsp3) is 0.423. The van der Waals surface area contributed by atoms with Gasteiger partial charge in [-0.15, -0.1) is 0 Å². The molecule has 2 aliphatic heterocycles. The molecule has 2 saturated heterocycles. The highest BCUT2D eigenvalue weighted by atomic mass is 79.9. The van der Waals surface area contributed by atoms with Crippen molar-refractivity contribution in [3.8, 4) is 0 Å². The van der Waals surface area contributed by atoms with Crippen LogP contribution in [-0.4, -0.2) is 74.2 Å². The van der Waals surface area contributed by atoms with Crippen LogP contribution < -0.4 is 0 Å². The molecular formula is C26H32BrN3O3S. The number of carbonyl (C=O) groups excluding carboxylic acids is 1. The maximum atomic E-state index is 13.1. The Kier molecular flexibility index (Phi) is 8.58. The number of benzene rings is 2. The largest absolute Gasteiger partial charge is 0.340 e. The van der Waals surface area contributed by atoms with Crippen LogP contribution >= 0.6 is 15.9 Å². The first-order valence-electron chi connectivity index (χ1n) is 11.9. The molecule has 8 heteroatoms. The second-order valence-corrected chi connectivity index (χ2v) is 11.9. The third kappa shape index (κ3) is 6.78. The zero-order chi connectivity index (χ0) is 24.0. The molecule has 0 radical (unpaired) electrons. The van der Waals surface area contributed by atoms with Gasteiger partial charge in [-0.05, 0) is 36.1 Å². The van der Waals surface area contributed by atoms with Crippen molar-refractivity contribution in [3.05, 3.63) is 76.3 Å². The molecular weight excluding hydrogens is 514 g/mol. The van der Waals surface area contributed by atoms with E-state index in [4.69, 9.17) is 0 Å². The van der Waals surface area contributed by atoms with Gasteiger partial charge in [0.05, 0.1) is 5.75 Å². The van der Waals surface area contributed by atoms with Crippen molar-refractivity contribution in [1.29, 1.82) is 0 Å². The molecule has 2 aliphatic rings. The Hall–Kier alpha value is -2.00. The standard InChI is InChI=1S/C26H32BrN3O3S/c27-25-10-8-23(9-11-25)21-34(32,33)30-15-12-24(13-16-30)26(31)29-19-17-28(18-20-29)14-4-7-22-5-2-1-3-6-22/h1-11,24H,12-21H2/b7-4+. The molecule has 0 aromatic heterocycles. The van der Waals surface area contributed by atoms with Crippen LogP contribution in [0.4, 0.5) is 0 Å². The quantitative estimate of drug-likeness (QED) is 0.530. The molecule has 0 N–H and O–H groups in total. The molecule has 0 atom stereocenters. The monoisotopic (exact) mass is 545 g/mol. The molecule has 0 spiro atoms. The van der Waals surface area contributed by atoms with Crippen LogP contribution in [0, 0.1) is 5.92 Å². The maximum Gasteiger partial charge on any atom is 0.225 e. The third-order valence-electron chi connectivity index (χ3n) is 6.62. The van der Waals surface area contributed by atoms with Gasteiger partial charge in [0.15, 0.2) is 0 Å². The molecule has 34 heavy (non-hydrogen) atoms. The molecule has 0 saturated carbocycles. The Bertz CT molecular complexity index is 1070. The molecule has 1 amide bonds. The second kappa shape index (κ2) is 11.6. The number of carbonyl (C=O) groups is 1. The minimum atomic E-state index is -3.38. The minimum absolute atomic E-state index is 0.000425. The minimum Gasteiger partial charge on any atom is -0.340 e. The van der Waals surface area contributed by atoms with Crippen molar-refractivity contribution < 1.29 is 13.2 Å². The zero-order valence-electron chi connectivity index (χ0n) is 19.4. The smallest absolute Gasteiger partial charge is 0.225 e. The first-order valence-corrected chi connectivity index (χ1v) is 14.3. The summed E-state index contributed by atoms with van der Waals surface area (Å²) in [5, 5.41) is 0. The molecule has 4 rings (SSSR count). The van der Waals surface area contributed by atoms with Gasteiger partial charge in [0.25, 0.3) is 0 Å². The lowest BCUT2D eigenvalue weighted by molar-refractivity contribution is -0.138. The molecule has 0 bridgehead atoms. The Morgan fingerprint density at radius 1 is 0.912 bits per heavy atom. The summed E-state index contributed by atoms with van der Waals surface area (Å²) in [6.07, 6.45) is 5.50. The highest BCUT2D eigenvalue weighted by molar-refractivity contribution is 9.10. The van der Waals surface area contributed by atoms with Crippen molar-refractivity contribution in [3.63, 3.8) is 0 Å². The summed E-state index contributed by atoms with van der Waals surface area (Å²) < 4.78 is 28.2. The molecule has 0 unspecified atom stereocenters. The maximum absolute atomic E-state index is 13.1.